The Morgan fingerprint density at radius 3 is 2.56 bits per heavy atom. The lowest BCUT2D eigenvalue weighted by Crippen LogP contribution is -2.00. The summed E-state index contributed by atoms with van der Waals surface area (Å²) >= 11 is 0. The van der Waals surface area contributed by atoms with Crippen LogP contribution in [0.5, 0.6) is 0 Å². The molecule has 90 valence electrons. The molecule has 0 aliphatic heterocycles. The summed E-state index contributed by atoms with van der Waals surface area (Å²) in [6.07, 6.45) is 1.38. The first kappa shape index (κ1) is 11.1. The largest absolute Gasteiger partial charge is 0.295 e. The second-order valence-electron chi connectivity index (χ2n) is 3.96. The van der Waals surface area contributed by atoms with E-state index in [-0.39, 0.29) is 4.90 Å². The zero-order valence-electron chi connectivity index (χ0n) is 9.24. The van der Waals surface area contributed by atoms with E-state index in [1.165, 1.54) is 12.3 Å². The lowest BCUT2D eigenvalue weighted by Gasteiger charge is -2.06. The van der Waals surface area contributed by atoms with Crippen LogP contribution in [0, 0.1) is 0 Å². The number of benzene rings is 2. The molecule has 0 saturated heterocycles. The smallest absolute Gasteiger partial charge is 0.282 e. The molecule has 0 aliphatic rings. The van der Waals surface area contributed by atoms with E-state index in [1.54, 1.807) is 6.07 Å². The average molecular weight is 259 g/mol. The molecule has 0 unspecified atom stereocenters. The van der Waals surface area contributed by atoms with Crippen LogP contribution in [0.2, 0.25) is 0 Å². The molecule has 0 aliphatic carbocycles. The standard InChI is InChI=1S/C13H9NO3S/c15-18(16,17)12-7-8-14-11-6-5-9-3-1-2-4-10(9)13(11)12/h1-8H,(H,15,16,17). The summed E-state index contributed by atoms with van der Waals surface area (Å²) in [7, 11) is -4.26. The van der Waals surface area contributed by atoms with Crippen LogP contribution in [0.4, 0.5) is 0 Å². The molecule has 3 aromatic rings. The van der Waals surface area contributed by atoms with Gasteiger partial charge in [0.15, 0.2) is 0 Å². The van der Waals surface area contributed by atoms with E-state index in [0.717, 1.165) is 10.8 Å². The molecule has 0 saturated carbocycles. The number of nitrogens with zero attached hydrogens (tertiary/aromatic N) is 1. The minimum absolute atomic E-state index is 0.107. The first-order valence-corrected chi connectivity index (χ1v) is 6.75. The van der Waals surface area contributed by atoms with Crippen LogP contribution < -0.4 is 0 Å². The summed E-state index contributed by atoms with van der Waals surface area (Å²) in [4.78, 5) is 4.02. The van der Waals surface area contributed by atoms with E-state index in [0.29, 0.717) is 10.9 Å². The molecule has 1 heterocycles. The Labute approximate surface area is 104 Å². The van der Waals surface area contributed by atoms with Gasteiger partial charge in [0.2, 0.25) is 0 Å². The van der Waals surface area contributed by atoms with Gasteiger partial charge in [0.25, 0.3) is 10.1 Å². The zero-order chi connectivity index (χ0) is 12.8. The molecule has 4 nitrogen and oxygen atoms in total. The van der Waals surface area contributed by atoms with Crippen molar-refractivity contribution in [1.82, 2.24) is 4.98 Å². The molecule has 3 rings (SSSR count). The average Bonchev–Trinajstić information content (AvgIpc) is 2.36. The fraction of sp³-hybridized carbons (Fsp3) is 0. The maximum Gasteiger partial charge on any atom is 0.295 e. The van der Waals surface area contributed by atoms with Gasteiger partial charge in [-0.2, -0.15) is 8.42 Å². The van der Waals surface area contributed by atoms with E-state index >= 15 is 0 Å². The predicted molar refractivity (Wildman–Crippen MR) is 69.1 cm³/mol. The SMILES string of the molecule is O=S(=O)(O)c1ccnc2ccc3ccccc3c12. The van der Waals surface area contributed by atoms with Crippen molar-refractivity contribution in [2.24, 2.45) is 0 Å². The van der Waals surface area contributed by atoms with Crippen LogP contribution >= 0.6 is 0 Å². The molecule has 2 aromatic carbocycles. The van der Waals surface area contributed by atoms with Crippen molar-refractivity contribution in [3.05, 3.63) is 48.7 Å². The summed E-state index contributed by atoms with van der Waals surface area (Å²) in [5.41, 5.74) is 0.545. The Balaban J connectivity index is 2.63. The second-order valence-corrected chi connectivity index (χ2v) is 5.35. The van der Waals surface area contributed by atoms with Crippen LogP contribution in [0.1, 0.15) is 0 Å². The van der Waals surface area contributed by atoms with Gasteiger partial charge in [-0.25, -0.2) is 0 Å². The molecule has 0 spiro atoms. The Bertz CT molecular complexity index is 856. The summed E-state index contributed by atoms with van der Waals surface area (Å²) in [5, 5.41) is 2.12. The fourth-order valence-electron chi connectivity index (χ4n) is 2.11. The molecular formula is C13H9NO3S. The van der Waals surface area contributed by atoms with Gasteiger partial charge in [-0.3, -0.25) is 9.54 Å². The van der Waals surface area contributed by atoms with E-state index in [2.05, 4.69) is 4.98 Å². The minimum atomic E-state index is -4.26. The second kappa shape index (κ2) is 3.76. The van der Waals surface area contributed by atoms with Crippen LogP contribution in [-0.2, 0) is 10.1 Å². The molecule has 0 amide bonds. The van der Waals surface area contributed by atoms with Gasteiger partial charge in [0.1, 0.15) is 4.90 Å². The van der Waals surface area contributed by atoms with Crippen molar-refractivity contribution in [2.45, 2.75) is 4.90 Å². The highest BCUT2D eigenvalue weighted by Crippen LogP contribution is 2.29. The molecule has 0 fully saturated rings. The molecular weight excluding hydrogens is 250 g/mol. The number of aromatic nitrogens is 1. The normalized spacial score (nSPS) is 12.1. The third-order valence-electron chi connectivity index (χ3n) is 2.87. The minimum Gasteiger partial charge on any atom is -0.282 e. The fourth-order valence-corrected chi connectivity index (χ4v) is 2.82. The lowest BCUT2D eigenvalue weighted by molar-refractivity contribution is 0.484. The maximum atomic E-state index is 11.4. The first-order chi connectivity index (χ1) is 8.57. The summed E-state index contributed by atoms with van der Waals surface area (Å²) in [5.74, 6) is 0. The third kappa shape index (κ3) is 1.64. The summed E-state index contributed by atoms with van der Waals surface area (Å²) in [6, 6.07) is 12.3. The highest BCUT2D eigenvalue weighted by Gasteiger charge is 2.16. The number of hydrogen-bond donors (Lipinski definition) is 1. The highest BCUT2D eigenvalue weighted by molar-refractivity contribution is 7.86. The topological polar surface area (TPSA) is 67.3 Å². The molecule has 5 heteroatoms. The van der Waals surface area contributed by atoms with Gasteiger partial charge in [-0.15, -0.1) is 0 Å². The van der Waals surface area contributed by atoms with Crippen LogP contribution in [0.25, 0.3) is 21.7 Å². The number of fused-ring (bicyclic) bond motifs is 3. The number of hydrogen-bond acceptors (Lipinski definition) is 3. The Morgan fingerprint density at radius 1 is 1.00 bits per heavy atom. The first-order valence-electron chi connectivity index (χ1n) is 5.31. The molecule has 1 N–H and O–H groups in total. The Hall–Kier alpha value is -1.98. The number of rotatable bonds is 1. The van der Waals surface area contributed by atoms with E-state index in [9.17, 15) is 13.0 Å². The Morgan fingerprint density at radius 2 is 1.78 bits per heavy atom. The molecule has 18 heavy (non-hydrogen) atoms. The molecule has 0 radical (unpaired) electrons. The van der Waals surface area contributed by atoms with Crippen molar-refractivity contribution < 1.29 is 13.0 Å². The third-order valence-corrected chi connectivity index (χ3v) is 3.77. The lowest BCUT2D eigenvalue weighted by atomic mass is 10.1. The molecule has 1 aromatic heterocycles. The maximum absolute atomic E-state index is 11.4. The monoisotopic (exact) mass is 259 g/mol. The van der Waals surface area contributed by atoms with Gasteiger partial charge in [0.05, 0.1) is 5.52 Å². The Kier molecular flexibility index (Phi) is 2.33. The number of pyridine rings is 1. The zero-order valence-corrected chi connectivity index (χ0v) is 10.1. The van der Waals surface area contributed by atoms with Gasteiger partial charge < -0.3 is 0 Å². The molecule has 0 bridgehead atoms. The van der Waals surface area contributed by atoms with Gasteiger partial charge in [-0.05, 0) is 22.9 Å². The van der Waals surface area contributed by atoms with Crippen LogP contribution in [0.3, 0.4) is 0 Å². The van der Waals surface area contributed by atoms with Crippen molar-refractivity contribution in [1.29, 1.82) is 0 Å². The van der Waals surface area contributed by atoms with Gasteiger partial charge >= 0.3 is 0 Å². The summed E-state index contributed by atoms with van der Waals surface area (Å²) < 4.78 is 32.1. The van der Waals surface area contributed by atoms with Crippen molar-refractivity contribution in [3.8, 4) is 0 Å². The van der Waals surface area contributed by atoms with Gasteiger partial charge in [0, 0.05) is 11.6 Å². The highest BCUT2D eigenvalue weighted by atomic mass is 32.2. The van der Waals surface area contributed by atoms with Crippen molar-refractivity contribution >= 4 is 31.8 Å². The van der Waals surface area contributed by atoms with E-state index in [4.69, 9.17) is 0 Å². The van der Waals surface area contributed by atoms with Gasteiger partial charge in [-0.1, -0.05) is 30.3 Å². The quantitative estimate of drug-likeness (QED) is 0.539. The van der Waals surface area contributed by atoms with Crippen LogP contribution in [0.15, 0.2) is 53.6 Å². The predicted octanol–water partition coefficient (Wildman–Crippen LogP) is 2.63. The van der Waals surface area contributed by atoms with E-state index < -0.39 is 10.1 Å². The van der Waals surface area contributed by atoms with Crippen molar-refractivity contribution in [3.63, 3.8) is 0 Å². The van der Waals surface area contributed by atoms with Crippen LogP contribution in [-0.4, -0.2) is 18.0 Å². The van der Waals surface area contributed by atoms with E-state index in [1.807, 2.05) is 30.3 Å². The summed E-state index contributed by atoms with van der Waals surface area (Å²) in [6.45, 7) is 0. The molecule has 0 atom stereocenters. The van der Waals surface area contributed by atoms with Crippen molar-refractivity contribution in [2.75, 3.05) is 0 Å².